The second kappa shape index (κ2) is 5.78. The van der Waals surface area contributed by atoms with Crippen LogP contribution in [-0.2, 0) is 0 Å². The van der Waals surface area contributed by atoms with Crippen LogP contribution >= 0.6 is 12.4 Å². The van der Waals surface area contributed by atoms with Crippen molar-refractivity contribution in [2.45, 2.75) is 18.9 Å². The van der Waals surface area contributed by atoms with E-state index in [-0.39, 0.29) is 12.4 Å². The summed E-state index contributed by atoms with van der Waals surface area (Å²) in [5, 5.41) is 6.63. The fourth-order valence-corrected chi connectivity index (χ4v) is 1.53. The normalized spacial score (nSPS) is 21.0. The smallest absolute Gasteiger partial charge is 0.222 e. The van der Waals surface area contributed by atoms with E-state index in [1.165, 1.54) is 12.8 Å². The molecule has 5 heteroatoms. The Hall–Kier alpha value is -0.870. The lowest BCUT2D eigenvalue weighted by molar-refractivity contribution is 0.478. The maximum absolute atomic E-state index is 4.12. The van der Waals surface area contributed by atoms with Gasteiger partial charge in [-0.25, -0.2) is 9.97 Å². The minimum Gasteiger partial charge on any atom is -0.350 e. The second-order valence-corrected chi connectivity index (χ2v) is 3.26. The van der Waals surface area contributed by atoms with Crippen LogP contribution in [0.4, 0.5) is 5.95 Å². The second-order valence-electron chi connectivity index (χ2n) is 3.26. The van der Waals surface area contributed by atoms with Crippen LogP contribution in [0.5, 0.6) is 0 Å². The molecule has 1 atom stereocenters. The first-order valence-electron chi connectivity index (χ1n) is 4.69. The molecule has 2 N–H and O–H groups in total. The maximum Gasteiger partial charge on any atom is 0.222 e. The minimum atomic E-state index is 0. The van der Waals surface area contributed by atoms with Gasteiger partial charge in [0.25, 0.3) is 0 Å². The van der Waals surface area contributed by atoms with Crippen molar-refractivity contribution in [2.24, 2.45) is 0 Å². The lowest BCUT2D eigenvalue weighted by Gasteiger charge is -2.23. The Morgan fingerprint density at radius 3 is 2.79 bits per heavy atom. The van der Waals surface area contributed by atoms with Gasteiger partial charge in [-0.1, -0.05) is 0 Å². The molecule has 1 aromatic rings. The first kappa shape index (κ1) is 11.2. The fourth-order valence-electron chi connectivity index (χ4n) is 1.53. The number of anilines is 1. The molecule has 1 aliphatic heterocycles. The summed E-state index contributed by atoms with van der Waals surface area (Å²) in [5.41, 5.74) is 0. The largest absolute Gasteiger partial charge is 0.350 e. The van der Waals surface area contributed by atoms with Crippen LogP contribution in [0.3, 0.4) is 0 Å². The Morgan fingerprint density at radius 2 is 2.14 bits per heavy atom. The van der Waals surface area contributed by atoms with E-state index in [1.807, 2.05) is 6.07 Å². The molecule has 0 radical (unpaired) electrons. The predicted molar refractivity (Wildman–Crippen MR) is 58.8 cm³/mol. The quantitative estimate of drug-likeness (QED) is 0.773. The van der Waals surface area contributed by atoms with Gasteiger partial charge in [0.05, 0.1) is 0 Å². The van der Waals surface area contributed by atoms with Crippen LogP contribution in [0.2, 0.25) is 0 Å². The van der Waals surface area contributed by atoms with Crippen molar-refractivity contribution < 1.29 is 0 Å². The van der Waals surface area contributed by atoms with Crippen LogP contribution in [0.15, 0.2) is 18.5 Å². The summed E-state index contributed by atoms with van der Waals surface area (Å²) in [6.07, 6.45) is 5.94. The molecule has 0 amide bonds. The molecule has 2 rings (SSSR count). The Balaban J connectivity index is 0.000000980. The van der Waals surface area contributed by atoms with E-state index in [2.05, 4.69) is 20.6 Å². The van der Waals surface area contributed by atoms with Crippen molar-refractivity contribution in [3.8, 4) is 0 Å². The molecular weight excluding hydrogens is 200 g/mol. The predicted octanol–water partition coefficient (Wildman–Crippen LogP) is 1.06. The van der Waals surface area contributed by atoms with Crippen molar-refractivity contribution >= 4 is 18.4 Å². The fraction of sp³-hybridized carbons (Fsp3) is 0.556. The monoisotopic (exact) mass is 214 g/mol. The zero-order valence-corrected chi connectivity index (χ0v) is 8.76. The third-order valence-electron chi connectivity index (χ3n) is 2.20. The zero-order chi connectivity index (χ0) is 8.93. The average molecular weight is 215 g/mol. The molecule has 4 nitrogen and oxygen atoms in total. The van der Waals surface area contributed by atoms with Crippen molar-refractivity contribution in [2.75, 3.05) is 18.4 Å². The van der Waals surface area contributed by atoms with Crippen molar-refractivity contribution in [1.29, 1.82) is 0 Å². The number of nitrogens with one attached hydrogen (secondary N) is 2. The van der Waals surface area contributed by atoms with Gasteiger partial charge in [-0.15, -0.1) is 12.4 Å². The topological polar surface area (TPSA) is 49.8 Å². The standard InChI is InChI=1S/C9H14N4.ClH/c1-3-8(7-10-4-1)13-9-11-5-2-6-12-9;/h2,5-6,8,10H,1,3-4,7H2,(H,11,12,13);1H. The third kappa shape index (κ3) is 3.12. The molecule has 2 heterocycles. The molecular formula is C9H15ClN4. The molecule has 78 valence electrons. The summed E-state index contributed by atoms with van der Waals surface area (Å²) >= 11 is 0. The summed E-state index contributed by atoms with van der Waals surface area (Å²) in [4.78, 5) is 8.25. The van der Waals surface area contributed by atoms with E-state index in [0.717, 1.165) is 19.0 Å². The molecule has 1 fully saturated rings. The Kier molecular flexibility index (Phi) is 4.62. The number of hydrogen-bond acceptors (Lipinski definition) is 4. The minimum absolute atomic E-state index is 0. The van der Waals surface area contributed by atoms with E-state index in [0.29, 0.717) is 6.04 Å². The molecule has 0 aliphatic carbocycles. The number of nitrogens with zero attached hydrogens (tertiary/aromatic N) is 2. The number of aromatic nitrogens is 2. The van der Waals surface area contributed by atoms with E-state index in [4.69, 9.17) is 0 Å². The van der Waals surface area contributed by atoms with Gasteiger partial charge < -0.3 is 10.6 Å². The lowest BCUT2D eigenvalue weighted by atomic mass is 10.1. The number of hydrogen-bond donors (Lipinski definition) is 2. The van der Waals surface area contributed by atoms with Gasteiger partial charge in [-0.2, -0.15) is 0 Å². The highest BCUT2D eigenvalue weighted by molar-refractivity contribution is 5.85. The zero-order valence-electron chi connectivity index (χ0n) is 7.94. The van der Waals surface area contributed by atoms with Gasteiger partial charge in [0, 0.05) is 25.0 Å². The summed E-state index contributed by atoms with van der Waals surface area (Å²) in [6.45, 7) is 2.14. The molecule has 1 aliphatic rings. The molecule has 0 aromatic carbocycles. The lowest BCUT2D eigenvalue weighted by Crippen LogP contribution is -2.38. The van der Waals surface area contributed by atoms with Crippen LogP contribution < -0.4 is 10.6 Å². The van der Waals surface area contributed by atoms with Crippen molar-refractivity contribution in [3.05, 3.63) is 18.5 Å². The molecule has 0 saturated carbocycles. The highest BCUT2D eigenvalue weighted by Gasteiger charge is 2.12. The highest BCUT2D eigenvalue weighted by Crippen LogP contribution is 2.06. The Bertz CT molecular complexity index is 248. The molecule has 1 saturated heterocycles. The summed E-state index contributed by atoms with van der Waals surface area (Å²) < 4.78 is 0. The van der Waals surface area contributed by atoms with Gasteiger partial charge in [-0.05, 0) is 25.5 Å². The number of piperidine rings is 1. The molecule has 14 heavy (non-hydrogen) atoms. The Morgan fingerprint density at radius 1 is 1.36 bits per heavy atom. The Labute approximate surface area is 89.9 Å². The van der Waals surface area contributed by atoms with Gasteiger partial charge in [0.1, 0.15) is 0 Å². The molecule has 0 spiro atoms. The summed E-state index contributed by atoms with van der Waals surface area (Å²) in [5.74, 6) is 0.733. The summed E-state index contributed by atoms with van der Waals surface area (Å²) in [7, 11) is 0. The average Bonchev–Trinajstić information content (AvgIpc) is 2.21. The van der Waals surface area contributed by atoms with Crippen LogP contribution in [0.1, 0.15) is 12.8 Å². The number of halogens is 1. The van der Waals surface area contributed by atoms with E-state index >= 15 is 0 Å². The SMILES string of the molecule is Cl.c1cnc(NC2CCCNC2)nc1. The first-order valence-corrected chi connectivity index (χ1v) is 4.69. The van der Waals surface area contributed by atoms with Gasteiger partial charge in [-0.3, -0.25) is 0 Å². The third-order valence-corrected chi connectivity index (χ3v) is 2.20. The van der Waals surface area contributed by atoms with Crippen molar-refractivity contribution in [1.82, 2.24) is 15.3 Å². The van der Waals surface area contributed by atoms with Crippen LogP contribution in [-0.4, -0.2) is 29.1 Å². The molecule has 1 aromatic heterocycles. The molecule has 0 bridgehead atoms. The maximum atomic E-state index is 4.12. The van der Waals surface area contributed by atoms with Crippen LogP contribution in [0, 0.1) is 0 Å². The van der Waals surface area contributed by atoms with E-state index in [9.17, 15) is 0 Å². The first-order chi connectivity index (χ1) is 6.45. The van der Waals surface area contributed by atoms with Gasteiger partial charge in [0.2, 0.25) is 5.95 Å². The van der Waals surface area contributed by atoms with E-state index < -0.39 is 0 Å². The van der Waals surface area contributed by atoms with E-state index in [1.54, 1.807) is 12.4 Å². The van der Waals surface area contributed by atoms with Crippen LogP contribution in [0.25, 0.3) is 0 Å². The van der Waals surface area contributed by atoms with Gasteiger partial charge >= 0.3 is 0 Å². The molecule has 1 unspecified atom stereocenters. The number of rotatable bonds is 2. The van der Waals surface area contributed by atoms with Crippen molar-refractivity contribution in [3.63, 3.8) is 0 Å². The highest BCUT2D eigenvalue weighted by atomic mass is 35.5. The summed E-state index contributed by atoms with van der Waals surface area (Å²) in [6, 6.07) is 2.31. The van der Waals surface area contributed by atoms with Gasteiger partial charge in [0.15, 0.2) is 0 Å².